The number of ether oxygens (including phenoxy) is 2. The molecule has 1 aliphatic rings. The highest BCUT2D eigenvalue weighted by Crippen LogP contribution is 2.25. The summed E-state index contributed by atoms with van der Waals surface area (Å²) in [6.07, 6.45) is 1.98. The highest BCUT2D eigenvalue weighted by Gasteiger charge is 2.34. The Morgan fingerprint density at radius 3 is 2.75 bits per heavy atom. The van der Waals surface area contributed by atoms with Gasteiger partial charge in [-0.15, -0.1) is 0 Å². The van der Waals surface area contributed by atoms with Crippen molar-refractivity contribution in [3.05, 3.63) is 28.8 Å². The summed E-state index contributed by atoms with van der Waals surface area (Å²) < 4.78 is 10.1. The lowest BCUT2D eigenvalue weighted by atomic mass is 10.0. The van der Waals surface area contributed by atoms with Gasteiger partial charge in [0.2, 0.25) is 5.91 Å². The van der Waals surface area contributed by atoms with Crippen molar-refractivity contribution in [1.29, 1.82) is 0 Å². The lowest BCUT2D eigenvalue weighted by Gasteiger charge is -2.35. The molecule has 1 aromatic carbocycles. The summed E-state index contributed by atoms with van der Waals surface area (Å²) in [5, 5.41) is 0.584. The average molecular weight is 355 g/mol. The molecule has 1 heterocycles. The van der Waals surface area contributed by atoms with E-state index in [4.69, 9.17) is 21.1 Å². The van der Waals surface area contributed by atoms with Crippen LogP contribution in [0.2, 0.25) is 5.02 Å². The first-order chi connectivity index (χ1) is 11.5. The van der Waals surface area contributed by atoms with E-state index in [0.29, 0.717) is 30.3 Å². The van der Waals surface area contributed by atoms with E-state index in [1.807, 2.05) is 0 Å². The summed E-state index contributed by atoms with van der Waals surface area (Å²) >= 11 is 6.04. The predicted octanol–water partition coefficient (Wildman–Crippen LogP) is 2.93. The van der Waals surface area contributed by atoms with Crippen LogP contribution < -0.4 is 4.74 Å². The molecule has 1 saturated heterocycles. The molecule has 0 saturated carbocycles. The largest absolute Gasteiger partial charge is 0.496 e. The fourth-order valence-electron chi connectivity index (χ4n) is 2.98. The van der Waals surface area contributed by atoms with Gasteiger partial charge in [0.1, 0.15) is 11.8 Å². The van der Waals surface area contributed by atoms with E-state index in [1.165, 1.54) is 12.0 Å². The molecule has 0 spiro atoms. The maximum absolute atomic E-state index is 12.8. The highest BCUT2D eigenvalue weighted by molar-refractivity contribution is 6.30. The van der Waals surface area contributed by atoms with Crippen LogP contribution in [-0.4, -0.2) is 55.7 Å². The Kier molecular flexibility index (Phi) is 6.31. The van der Waals surface area contributed by atoms with Crippen LogP contribution in [0.25, 0.3) is 0 Å². The fraction of sp³-hybridized carbons (Fsp3) is 0.529. The van der Waals surface area contributed by atoms with Gasteiger partial charge in [-0.3, -0.25) is 9.69 Å². The number of rotatable bonds is 4. The van der Waals surface area contributed by atoms with Crippen LogP contribution in [0.3, 0.4) is 0 Å². The lowest BCUT2D eigenvalue weighted by Crippen LogP contribution is -2.52. The highest BCUT2D eigenvalue weighted by atomic mass is 35.5. The Labute approximate surface area is 147 Å². The number of benzene rings is 1. The fourth-order valence-corrected chi connectivity index (χ4v) is 3.18. The minimum absolute atomic E-state index is 0.109. The lowest BCUT2D eigenvalue weighted by molar-refractivity contribution is -0.136. The molecule has 0 unspecified atom stereocenters. The molecule has 7 heteroatoms. The second-order valence-corrected chi connectivity index (χ2v) is 6.26. The van der Waals surface area contributed by atoms with E-state index in [-0.39, 0.29) is 5.91 Å². The molecule has 1 aliphatic heterocycles. The van der Waals surface area contributed by atoms with E-state index in [1.54, 1.807) is 37.3 Å². The first-order valence-electron chi connectivity index (χ1n) is 7.90. The summed E-state index contributed by atoms with van der Waals surface area (Å²) in [5.74, 6) is 0.564. The number of carbonyl (C=O) groups is 2. The molecule has 6 nitrogen and oxygen atoms in total. The van der Waals surface area contributed by atoms with Crippen molar-refractivity contribution in [2.45, 2.75) is 31.8 Å². The number of halogens is 1. The van der Waals surface area contributed by atoms with Crippen molar-refractivity contribution in [1.82, 2.24) is 9.80 Å². The Bertz CT molecular complexity index is 608. The average Bonchev–Trinajstić information content (AvgIpc) is 2.60. The Morgan fingerprint density at radius 1 is 1.33 bits per heavy atom. The van der Waals surface area contributed by atoms with Crippen molar-refractivity contribution < 1.29 is 19.1 Å². The summed E-state index contributed by atoms with van der Waals surface area (Å²) in [6.45, 7) is 0.894. The predicted molar refractivity (Wildman–Crippen MR) is 91.2 cm³/mol. The first kappa shape index (κ1) is 18.4. The van der Waals surface area contributed by atoms with E-state index < -0.39 is 12.1 Å². The topological polar surface area (TPSA) is 59.1 Å². The van der Waals surface area contributed by atoms with E-state index in [2.05, 4.69) is 0 Å². The SMILES string of the molecule is COC(=O)N1CCCC[C@@H]1C(=O)N(C)Cc1cc(Cl)ccc1OC. The van der Waals surface area contributed by atoms with Gasteiger partial charge in [-0.25, -0.2) is 4.79 Å². The molecule has 2 amide bonds. The van der Waals surface area contributed by atoms with E-state index in [9.17, 15) is 9.59 Å². The van der Waals surface area contributed by atoms with Crippen molar-refractivity contribution in [3.8, 4) is 5.75 Å². The number of hydrogen-bond donors (Lipinski definition) is 0. The van der Waals surface area contributed by atoms with Crippen molar-refractivity contribution >= 4 is 23.6 Å². The summed E-state index contributed by atoms with van der Waals surface area (Å²) in [7, 11) is 4.63. The molecule has 0 radical (unpaired) electrons. The second-order valence-electron chi connectivity index (χ2n) is 5.83. The molecule has 24 heavy (non-hydrogen) atoms. The van der Waals surface area contributed by atoms with Crippen LogP contribution in [0.15, 0.2) is 18.2 Å². The van der Waals surface area contributed by atoms with Crippen LogP contribution in [0.1, 0.15) is 24.8 Å². The zero-order chi connectivity index (χ0) is 17.7. The number of hydrogen-bond acceptors (Lipinski definition) is 4. The molecule has 1 aromatic rings. The third-order valence-corrected chi connectivity index (χ3v) is 4.46. The zero-order valence-corrected chi connectivity index (χ0v) is 15.0. The van der Waals surface area contributed by atoms with Crippen molar-refractivity contribution in [2.75, 3.05) is 27.8 Å². The molecule has 132 valence electrons. The maximum atomic E-state index is 12.8. The molecule has 1 atom stereocenters. The van der Waals surface area contributed by atoms with E-state index >= 15 is 0 Å². The van der Waals surface area contributed by atoms with Gasteiger partial charge in [-0.2, -0.15) is 0 Å². The number of carbonyl (C=O) groups excluding carboxylic acids is 2. The van der Waals surface area contributed by atoms with Gasteiger partial charge in [-0.1, -0.05) is 11.6 Å². The number of likely N-dealkylation sites (tertiary alicyclic amines) is 1. The van der Waals surface area contributed by atoms with Crippen LogP contribution >= 0.6 is 11.6 Å². The van der Waals surface area contributed by atoms with Gasteiger partial charge in [-0.05, 0) is 37.5 Å². The van der Waals surface area contributed by atoms with Crippen molar-refractivity contribution in [3.63, 3.8) is 0 Å². The van der Waals surface area contributed by atoms with Gasteiger partial charge in [0, 0.05) is 30.7 Å². The summed E-state index contributed by atoms with van der Waals surface area (Å²) in [4.78, 5) is 27.8. The molecule has 0 aromatic heterocycles. The minimum Gasteiger partial charge on any atom is -0.496 e. The standard InChI is InChI=1S/C17H23ClN2O4/c1-19(11-12-10-13(18)7-8-15(12)23-2)16(21)14-6-4-5-9-20(14)17(22)24-3/h7-8,10,14H,4-6,9,11H2,1-3H3/t14-/m1/s1. The minimum atomic E-state index is -0.485. The van der Waals surface area contributed by atoms with E-state index in [0.717, 1.165) is 18.4 Å². The smallest absolute Gasteiger partial charge is 0.410 e. The van der Waals surface area contributed by atoms with Gasteiger partial charge in [0.05, 0.1) is 14.2 Å². The molecule has 0 bridgehead atoms. The second kappa shape index (κ2) is 8.24. The number of likely N-dealkylation sites (N-methyl/N-ethyl adjacent to an activating group) is 1. The molecule has 0 N–H and O–H groups in total. The quantitative estimate of drug-likeness (QED) is 0.834. The summed E-state index contributed by atoms with van der Waals surface area (Å²) in [5.41, 5.74) is 0.821. The van der Waals surface area contributed by atoms with Gasteiger partial charge in [0.25, 0.3) is 0 Å². The number of amides is 2. The monoisotopic (exact) mass is 354 g/mol. The normalized spacial score (nSPS) is 17.3. The third kappa shape index (κ3) is 4.12. The molecule has 2 rings (SSSR count). The molecular weight excluding hydrogens is 332 g/mol. The van der Waals surface area contributed by atoms with Crippen LogP contribution in [0.4, 0.5) is 4.79 Å². The third-order valence-electron chi connectivity index (χ3n) is 4.22. The Hall–Kier alpha value is -1.95. The Balaban J connectivity index is 2.13. The number of nitrogens with zero attached hydrogens (tertiary/aromatic N) is 2. The van der Waals surface area contributed by atoms with Gasteiger partial charge < -0.3 is 14.4 Å². The van der Waals surface area contributed by atoms with Crippen LogP contribution in [0.5, 0.6) is 5.75 Å². The zero-order valence-electron chi connectivity index (χ0n) is 14.3. The number of piperidine rings is 1. The first-order valence-corrected chi connectivity index (χ1v) is 8.27. The Morgan fingerprint density at radius 2 is 2.08 bits per heavy atom. The molecule has 1 fully saturated rings. The van der Waals surface area contributed by atoms with Crippen molar-refractivity contribution in [2.24, 2.45) is 0 Å². The van der Waals surface area contributed by atoms with Crippen LogP contribution in [0, 0.1) is 0 Å². The summed E-state index contributed by atoms with van der Waals surface area (Å²) in [6, 6.07) is 4.81. The molecule has 0 aliphatic carbocycles. The van der Waals surface area contributed by atoms with Gasteiger partial charge >= 0.3 is 6.09 Å². The van der Waals surface area contributed by atoms with Crippen LogP contribution in [-0.2, 0) is 16.1 Å². The number of methoxy groups -OCH3 is 2. The van der Waals surface area contributed by atoms with Gasteiger partial charge in [0.15, 0.2) is 0 Å². The molecular formula is C17H23ClN2O4. The maximum Gasteiger partial charge on any atom is 0.410 e.